The lowest BCUT2D eigenvalue weighted by Crippen LogP contribution is -2.13. The minimum Gasteiger partial charge on any atom is -0.457 e. The van der Waals surface area contributed by atoms with Gasteiger partial charge in [0.05, 0.1) is 11.0 Å². The van der Waals surface area contributed by atoms with Crippen LogP contribution >= 0.6 is 0 Å². The lowest BCUT2D eigenvalue weighted by Gasteiger charge is -2.16. The number of rotatable bonds is 5. The first-order valence-corrected chi connectivity index (χ1v) is 6.40. The molecule has 2 rings (SSSR count). The topological polar surface area (TPSA) is 64.4 Å². The van der Waals surface area contributed by atoms with E-state index in [1.165, 1.54) is 36.4 Å². The quantitative estimate of drug-likeness (QED) is 0.672. The Morgan fingerprint density at radius 3 is 2.71 bits per heavy atom. The van der Waals surface area contributed by atoms with Crippen molar-refractivity contribution in [3.05, 3.63) is 64.0 Å². The lowest BCUT2D eigenvalue weighted by atomic mass is 10.1. The molecule has 1 atom stereocenters. The lowest BCUT2D eigenvalue weighted by molar-refractivity contribution is -0.384. The van der Waals surface area contributed by atoms with Gasteiger partial charge in [-0.25, -0.2) is 4.39 Å². The number of nitro benzene ring substituents is 1. The van der Waals surface area contributed by atoms with Crippen LogP contribution in [-0.4, -0.2) is 12.0 Å². The predicted molar refractivity (Wildman–Crippen MR) is 77.0 cm³/mol. The zero-order valence-corrected chi connectivity index (χ0v) is 11.7. The summed E-state index contributed by atoms with van der Waals surface area (Å²) in [6, 6.07) is 9.94. The van der Waals surface area contributed by atoms with E-state index in [9.17, 15) is 14.5 Å². The first-order chi connectivity index (χ1) is 10.0. The van der Waals surface area contributed by atoms with Gasteiger partial charge in [0.1, 0.15) is 17.3 Å². The van der Waals surface area contributed by atoms with Gasteiger partial charge in [0, 0.05) is 17.7 Å². The number of nitrogens with one attached hydrogen (secondary N) is 1. The number of hydrogen-bond acceptors (Lipinski definition) is 4. The second-order valence-electron chi connectivity index (χ2n) is 4.55. The maximum atomic E-state index is 13.4. The molecule has 0 saturated carbocycles. The maximum absolute atomic E-state index is 13.4. The van der Waals surface area contributed by atoms with Crippen LogP contribution in [0.5, 0.6) is 11.5 Å². The van der Waals surface area contributed by atoms with E-state index in [0.29, 0.717) is 17.1 Å². The van der Waals surface area contributed by atoms with E-state index in [0.717, 1.165) is 0 Å². The standard InChI is InChI=1S/C15H15FN2O3/c1-10(17-2)14-8-11(16)6-7-15(14)21-13-5-3-4-12(9-13)18(19)20/h3-10,17H,1-2H3. The van der Waals surface area contributed by atoms with Crippen molar-refractivity contribution in [3.63, 3.8) is 0 Å². The molecular formula is C15H15FN2O3. The highest BCUT2D eigenvalue weighted by Crippen LogP contribution is 2.31. The summed E-state index contributed by atoms with van der Waals surface area (Å²) in [7, 11) is 1.76. The van der Waals surface area contributed by atoms with Crippen LogP contribution in [0.4, 0.5) is 10.1 Å². The fraction of sp³-hybridized carbons (Fsp3) is 0.200. The van der Waals surface area contributed by atoms with Crippen LogP contribution < -0.4 is 10.1 Å². The summed E-state index contributed by atoms with van der Waals surface area (Å²) < 4.78 is 19.0. The van der Waals surface area contributed by atoms with Crippen molar-refractivity contribution in [2.24, 2.45) is 0 Å². The summed E-state index contributed by atoms with van der Waals surface area (Å²) in [6.45, 7) is 1.87. The Hall–Kier alpha value is -2.47. The average molecular weight is 290 g/mol. The van der Waals surface area contributed by atoms with Crippen molar-refractivity contribution in [2.75, 3.05) is 7.05 Å². The number of benzene rings is 2. The fourth-order valence-electron chi connectivity index (χ4n) is 1.89. The van der Waals surface area contributed by atoms with E-state index in [2.05, 4.69) is 5.32 Å². The van der Waals surface area contributed by atoms with E-state index in [4.69, 9.17) is 4.74 Å². The molecule has 110 valence electrons. The summed E-state index contributed by atoms with van der Waals surface area (Å²) in [5.41, 5.74) is 0.585. The fourth-order valence-corrected chi connectivity index (χ4v) is 1.89. The number of nitro groups is 1. The number of halogens is 1. The molecule has 2 aromatic rings. The van der Waals surface area contributed by atoms with Crippen molar-refractivity contribution < 1.29 is 14.1 Å². The molecule has 6 heteroatoms. The van der Waals surface area contributed by atoms with Crippen molar-refractivity contribution >= 4 is 5.69 Å². The van der Waals surface area contributed by atoms with Crippen LogP contribution in [0.3, 0.4) is 0 Å². The Labute approximate surface area is 121 Å². The highest BCUT2D eigenvalue weighted by atomic mass is 19.1. The highest BCUT2D eigenvalue weighted by molar-refractivity contribution is 5.43. The summed E-state index contributed by atoms with van der Waals surface area (Å²) in [5, 5.41) is 13.8. The van der Waals surface area contributed by atoms with Crippen LogP contribution in [0.25, 0.3) is 0 Å². The van der Waals surface area contributed by atoms with Crippen molar-refractivity contribution in [3.8, 4) is 11.5 Å². The second-order valence-corrected chi connectivity index (χ2v) is 4.55. The smallest absolute Gasteiger partial charge is 0.273 e. The van der Waals surface area contributed by atoms with Gasteiger partial charge in [-0.3, -0.25) is 10.1 Å². The second kappa shape index (κ2) is 6.32. The van der Waals surface area contributed by atoms with Gasteiger partial charge in [-0.05, 0) is 38.2 Å². The highest BCUT2D eigenvalue weighted by Gasteiger charge is 2.13. The van der Waals surface area contributed by atoms with E-state index >= 15 is 0 Å². The first-order valence-electron chi connectivity index (χ1n) is 6.40. The van der Waals surface area contributed by atoms with Crippen LogP contribution in [0.15, 0.2) is 42.5 Å². The average Bonchev–Trinajstić information content (AvgIpc) is 2.48. The van der Waals surface area contributed by atoms with E-state index in [1.807, 2.05) is 6.92 Å². The summed E-state index contributed by atoms with van der Waals surface area (Å²) in [6.07, 6.45) is 0. The molecule has 5 nitrogen and oxygen atoms in total. The van der Waals surface area contributed by atoms with Gasteiger partial charge in [-0.2, -0.15) is 0 Å². The summed E-state index contributed by atoms with van der Waals surface area (Å²) >= 11 is 0. The van der Waals surface area contributed by atoms with Gasteiger partial charge in [0.25, 0.3) is 5.69 Å². The Balaban J connectivity index is 2.35. The van der Waals surface area contributed by atoms with Crippen molar-refractivity contribution in [1.82, 2.24) is 5.32 Å². The molecule has 1 N–H and O–H groups in total. The molecule has 2 aromatic carbocycles. The zero-order valence-electron chi connectivity index (χ0n) is 11.7. The van der Waals surface area contributed by atoms with Gasteiger partial charge in [0.2, 0.25) is 0 Å². The Kier molecular flexibility index (Phi) is 4.49. The number of nitrogens with zero attached hydrogens (tertiary/aromatic N) is 1. The first kappa shape index (κ1) is 14.9. The molecule has 0 heterocycles. The molecule has 0 saturated heterocycles. The molecule has 0 fully saturated rings. The van der Waals surface area contributed by atoms with Crippen LogP contribution in [0.2, 0.25) is 0 Å². The number of ether oxygens (including phenoxy) is 1. The van der Waals surface area contributed by atoms with E-state index in [-0.39, 0.29) is 17.5 Å². The monoisotopic (exact) mass is 290 g/mol. The Bertz CT molecular complexity index is 661. The third-order valence-corrected chi connectivity index (χ3v) is 3.13. The van der Waals surface area contributed by atoms with Gasteiger partial charge in [-0.15, -0.1) is 0 Å². The van der Waals surface area contributed by atoms with Gasteiger partial charge < -0.3 is 10.1 Å². The minimum atomic E-state index is -0.491. The molecule has 0 bridgehead atoms. The molecule has 0 radical (unpaired) electrons. The Morgan fingerprint density at radius 2 is 2.05 bits per heavy atom. The molecule has 0 aliphatic carbocycles. The van der Waals surface area contributed by atoms with Crippen LogP contribution in [-0.2, 0) is 0 Å². The van der Waals surface area contributed by atoms with E-state index < -0.39 is 4.92 Å². The van der Waals surface area contributed by atoms with Gasteiger partial charge in [-0.1, -0.05) is 6.07 Å². The summed E-state index contributed by atoms with van der Waals surface area (Å²) in [4.78, 5) is 10.3. The molecular weight excluding hydrogens is 275 g/mol. The van der Waals surface area contributed by atoms with Crippen LogP contribution in [0, 0.1) is 15.9 Å². The molecule has 0 amide bonds. The largest absolute Gasteiger partial charge is 0.457 e. The molecule has 0 aromatic heterocycles. The number of non-ortho nitro benzene ring substituents is 1. The Morgan fingerprint density at radius 1 is 1.29 bits per heavy atom. The van der Waals surface area contributed by atoms with Crippen LogP contribution in [0.1, 0.15) is 18.5 Å². The molecule has 0 aliphatic rings. The molecule has 21 heavy (non-hydrogen) atoms. The SMILES string of the molecule is CNC(C)c1cc(F)ccc1Oc1cccc([N+](=O)[O-])c1. The third kappa shape index (κ3) is 3.55. The van der Waals surface area contributed by atoms with E-state index in [1.54, 1.807) is 13.1 Å². The molecule has 0 aliphatic heterocycles. The molecule has 1 unspecified atom stereocenters. The zero-order chi connectivity index (χ0) is 15.4. The van der Waals surface area contributed by atoms with Gasteiger partial charge in [0.15, 0.2) is 0 Å². The van der Waals surface area contributed by atoms with Crippen molar-refractivity contribution in [1.29, 1.82) is 0 Å². The van der Waals surface area contributed by atoms with Crippen molar-refractivity contribution in [2.45, 2.75) is 13.0 Å². The number of hydrogen-bond donors (Lipinski definition) is 1. The normalized spacial score (nSPS) is 12.0. The minimum absolute atomic E-state index is 0.0576. The predicted octanol–water partition coefficient (Wildman–Crippen LogP) is 3.81. The molecule has 0 spiro atoms. The maximum Gasteiger partial charge on any atom is 0.273 e. The summed E-state index contributed by atoms with van der Waals surface area (Å²) in [5.74, 6) is 0.428. The van der Waals surface area contributed by atoms with Gasteiger partial charge >= 0.3 is 0 Å². The third-order valence-electron chi connectivity index (χ3n) is 3.13.